The van der Waals surface area contributed by atoms with Gasteiger partial charge in [-0.05, 0) is 41.1 Å². The molecule has 4 nitrogen and oxygen atoms in total. The molecule has 0 radical (unpaired) electrons. The van der Waals surface area contributed by atoms with Gasteiger partial charge in [-0.2, -0.15) is 0 Å². The molecule has 0 saturated carbocycles. The van der Waals surface area contributed by atoms with Crippen LogP contribution in [0.2, 0.25) is 0 Å². The number of rotatable bonds is 3. The Balaban J connectivity index is 1.97. The first-order valence-electron chi connectivity index (χ1n) is 4.97. The summed E-state index contributed by atoms with van der Waals surface area (Å²) in [5, 5.41) is 2.82. The number of carbonyl (C=O) groups is 1. The second kappa shape index (κ2) is 5.37. The highest BCUT2D eigenvalue weighted by molar-refractivity contribution is 9.11. The largest absolute Gasteiger partial charge is 0.346 e. The number of amides is 1. The topological polar surface area (TPSA) is 54.9 Å². The monoisotopic (exact) mass is 311 g/mol. The van der Waals surface area contributed by atoms with Crippen LogP contribution >= 0.6 is 27.3 Å². The van der Waals surface area contributed by atoms with E-state index < -0.39 is 0 Å². The number of carbonyl (C=O) groups excluding carboxylic acids is 1. The summed E-state index contributed by atoms with van der Waals surface area (Å²) in [5.41, 5.74) is 0.807. The molecule has 6 heteroatoms. The van der Waals surface area contributed by atoms with Gasteiger partial charge >= 0.3 is 0 Å². The molecule has 0 aromatic carbocycles. The molecule has 2 heterocycles. The molecular formula is C11H10BrN3OS. The number of aromatic nitrogens is 2. The van der Waals surface area contributed by atoms with Gasteiger partial charge in [0, 0.05) is 6.20 Å². The summed E-state index contributed by atoms with van der Waals surface area (Å²) in [6, 6.07) is 5.43. The average Bonchev–Trinajstić information content (AvgIpc) is 2.73. The molecule has 0 spiro atoms. The van der Waals surface area contributed by atoms with E-state index in [-0.39, 0.29) is 5.91 Å². The van der Waals surface area contributed by atoms with Crippen molar-refractivity contribution in [2.24, 2.45) is 0 Å². The molecule has 1 N–H and O–H groups in total. The Kier molecular flexibility index (Phi) is 3.86. The maximum Gasteiger partial charge on any atom is 0.261 e. The van der Waals surface area contributed by atoms with E-state index in [4.69, 9.17) is 0 Å². The number of thiophene rings is 1. The van der Waals surface area contributed by atoms with E-state index in [1.807, 2.05) is 13.0 Å². The first-order chi connectivity index (χ1) is 8.15. The van der Waals surface area contributed by atoms with Crippen LogP contribution in [0, 0.1) is 6.92 Å². The van der Waals surface area contributed by atoms with E-state index in [1.165, 1.54) is 11.3 Å². The van der Waals surface area contributed by atoms with Crippen molar-refractivity contribution in [3.63, 3.8) is 0 Å². The van der Waals surface area contributed by atoms with Crippen LogP contribution in [0.3, 0.4) is 0 Å². The SMILES string of the molecule is Cc1nccc(CNC(=O)c2ccc(Br)s2)n1. The summed E-state index contributed by atoms with van der Waals surface area (Å²) in [6.07, 6.45) is 1.69. The zero-order valence-corrected chi connectivity index (χ0v) is 11.5. The van der Waals surface area contributed by atoms with Crippen LogP contribution in [0.4, 0.5) is 0 Å². The fourth-order valence-corrected chi connectivity index (χ4v) is 2.60. The number of hydrogen-bond acceptors (Lipinski definition) is 4. The number of nitrogens with zero attached hydrogens (tertiary/aromatic N) is 2. The molecule has 17 heavy (non-hydrogen) atoms. The van der Waals surface area contributed by atoms with Gasteiger partial charge in [0.25, 0.3) is 5.91 Å². The van der Waals surface area contributed by atoms with Crippen molar-refractivity contribution < 1.29 is 4.79 Å². The number of aryl methyl sites for hydroxylation is 1. The van der Waals surface area contributed by atoms with Crippen LogP contribution in [0.15, 0.2) is 28.2 Å². The van der Waals surface area contributed by atoms with Gasteiger partial charge in [0.2, 0.25) is 0 Å². The second-order valence-corrected chi connectivity index (χ2v) is 5.84. The molecule has 2 aromatic heterocycles. The van der Waals surface area contributed by atoms with Gasteiger partial charge in [-0.15, -0.1) is 11.3 Å². The molecule has 0 atom stereocenters. The minimum Gasteiger partial charge on any atom is -0.346 e. The Morgan fingerprint density at radius 3 is 2.94 bits per heavy atom. The Bertz CT molecular complexity index is 541. The third-order valence-electron chi connectivity index (χ3n) is 2.06. The quantitative estimate of drug-likeness (QED) is 0.947. The Morgan fingerprint density at radius 1 is 1.47 bits per heavy atom. The van der Waals surface area contributed by atoms with Crippen LogP contribution < -0.4 is 5.32 Å². The first-order valence-corrected chi connectivity index (χ1v) is 6.58. The van der Waals surface area contributed by atoms with Crippen molar-refractivity contribution in [1.29, 1.82) is 0 Å². The van der Waals surface area contributed by atoms with Gasteiger partial charge in [-0.1, -0.05) is 0 Å². The van der Waals surface area contributed by atoms with Crippen LogP contribution in [0.5, 0.6) is 0 Å². The minimum atomic E-state index is -0.0861. The van der Waals surface area contributed by atoms with Gasteiger partial charge in [0.1, 0.15) is 5.82 Å². The van der Waals surface area contributed by atoms with Crippen LogP contribution in [0.1, 0.15) is 21.2 Å². The number of halogens is 1. The standard InChI is InChI=1S/C11H10BrN3OS/c1-7-13-5-4-8(15-7)6-14-11(16)9-2-3-10(12)17-9/h2-5H,6H2,1H3,(H,14,16). The maximum absolute atomic E-state index is 11.8. The summed E-state index contributed by atoms with van der Waals surface area (Å²) < 4.78 is 0.945. The van der Waals surface area contributed by atoms with Crippen molar-refractivity contribution in [2.45, 2.75) is 13.5 Å². The maximum atomic E-state index is 11.8. The van der Waals surface area contributed by atoms with Crippen molar-refractivity contribution in [3.8, 4) is 0 Å². The third kappa shape index (κ3) is 3.34. The van der Waals surface area contributed by atoms with Crippen molar-refractivity contribution in [1.82, 2.24) is 15.3 Å². The zero-order chi connectivity index (χ0) is 12.3. The summed E-state index contributed by atoms with van der Waals surface area (Å²) in [6.45, 7) is 2.24. The average molecular weight is 312 g/mol. The van der Waals surface area contributed by atoms with Crippen LogP contribution in [-0.4, -0.2) is 15.9 Å². The highest BCUT2D eigenvalue weighted by atomic mass is 79.9. The molecule has 0 bridgehead atoms. The highest BCUT2D eigenvalue weighted by Crippen LogP contribution is 2.21. The van der Waals surface area contributed by atoms with Gasteiger partial charge in [-0.25, -0.2) is 9.97 Å². The fraction of sp³-hybridized carbons (Fsp3) is 0.182. The summed E-state index contributed by atoms with van der Waals surface area (Å²) in [4.78, 5) is 20.6. The molecule has 88 valence electrons. The van der Waals surface area contributed by atoms with Crippen LogP contribution in [-0.2, 0) is 6.54 Å². The van der Waals surface area contributed by atoms with E-state index >= 15 is 0 Å². The predicted molar refractivity (Wildman–Crippen MR) is 70.0 cm³/mol. The summed E-state index contributed by atoms with van der Waals surface area (Å²) in [7, 11) is 0. The van der Waals surface area contributed by atoms with E-state index in [0.29, 0.717) is 17.2 Å². The van der Waals surface area contributed by atoms with Gasteiger partial charge in [-0.3, -0.25) is 4.79 Å². The lowest BCUT2D eigenvalue weighted by Gasteiger charge is -2.03. The minimum absolute atomic E-state index is 0.0861. The number of hydrogen-bond donors (Lipinski definition) is 1. The van der Waals surface area contributed by atoms with E-state index in [9.17, 15) is 4.79 Å². The van der Waals surface area contributed by atoms with Gasteiger partial charge in [0.15, 0.2) is 0 Å². The predicted octanol–water partition coefficient (Wildman–Crippen LogP) is 2.54. The Morgan fingerprint density at radius 2 is 2.29 bits per heavy atom. The van der Waals surface area contributed by atoms with Gasteiger partial charge < -0.3 is 5.32 Å². The van der Waals surface area contributed by atoms with E-state index in [2.05, 4.69) is 31.2 Å². The summed E-state index contributed by atoms with van der Waals surface area (Å²) in [5.74, 6) is 0.618. The third-order valence-corrected chi connectivity index (χ3v) is 3.68. The molecule has 0 unspecified atom stereocenters. The fourth-order valence-electron chi connectivity index (χ4n) is 1.30. The van der Waals surface area contributed by atoms with Crippen molar-refractivity contribution in [2.75, 3.05) is 0 Å². The first kappa shape index (κ1) is 12.2. The molecule has 0 fully saturated rings. The van der Waals surface area contributed by atoms with Crippen LogP contribution in [0.25, 0.3) is 0 Å². The highest BCUT2D eigenvalue weighted by Gasteiger charge is 2.08. The molecule has 0 aliphatic rings. The van der Waals surface area contributed by atoms with Crippen molar-refractivity contribution in [3.05, 3.63) is 44.6 Å². The van der Waals surface area contributed by atoms with E-state index in [0.717, 1.165) is 9.48 Å². The summed E-state index contributed by atoms with van der Waals surface area (Å²) >= 11 is 4.73. The molecule has 2 aromatic rings. The Labute approximate surface area is 111 Å². The molecule has 1 amide bonds. The molecule has 0 aliphatic heterocycles. The zero-order valence-electron chi connectivity index (χ0n) is 9.11. The smallest absolute Gasteiger partial charge is 0.261 e. The molecule has 0 saturated heterocycles. The van der Waals surface area contributed by atoms with Gasteiger partial charge in [0.05, 0.1) is 20.9 Å². The molecule has 0 aliphatic carbocycles. The Hall–Kier alpha value is -1.27. The lowest BCUT2D eigenvalue weighted by molar-refractivity contribution is 0.0954. The molecular weight excluding hydrogens is 302 g/mol. The van der Waals surface area contributed by atoms with E-state index in [1.54, 1.807) is 18.3 Å². The second-order valence-electron chi connectivity index (χ2n) is 3.38. The lowest BCUT2D eigenvalue weighted by Crippen LogP contribution is -2.22. The number of nitrogens with one attached hydrogen (secondary N) is 1. The lowest BCUT2D eigenvalue weighted by atomic mass is 10.3. The normalized spacial score (nSPS) is 10.2. The molecule has 2 rings (SSSR count). The van der Waals surface area contributed by atoms with Crippen molar-refractivity contribution >= 4 is 33.2 Å².